The van der Waals surface area contributed by atoms with Gasteiger partial charge in [-0.15, -0.1) is 0 Å². The van der Waals surface area contributed by atoms with Crippen molar-refractivity contribution >= 4 is 72.3 Å². The zero-order chi connectivity index (χ0) is 28.6. The molecule has 0 aliphatic rings. The highest BCUT2D eigenvalue weighted by atomic mass is 15.1. The van der Waals surface area contributed by atoms with E-state index in [4.69, 9.17) is 0 Å². The quantitative estimate of drug-likeness (QED) is 0.153. The Morgan fingerprint density at radius 2 is 0.791 bits per heavy atom. The van der Waals surface area contributed by atoms with Gasteiger partial charge in [-0.3, -0.25) is 0 Å². The summed E-state index contributed by atoms with van der Waals surface area (Å²) in [5, 5.41) is 9.99. The molecule has 0 aromatic heterocycles. The van der Waals surface area contributed by atoms with Gasteiger partial charge in [0.25, 0.3) is 0 Å². The molecule has 8 rings (SSSR count). The van der Waals surface area contributed by atoms with E-state index in [0.29, 0.717) is 0 Å². The van der Waals surface area contributed by atoms with E-state index in [2.05, 4.69) is 181 Å². The van der Waals surface area contributed by atoms with Crippen LogP contribution in [0.3, 0.4) is 0 Å². The fourth-order valence-corrected chi connectivity index (χ4v) is 6.20. The normalized spacial score (nSPS) is 11.6. The van der Waals surface area contributed by atoms with Gasteiger partial charge >= 0.3 is 0 Å². The lowest BCUT2D eigenvalue weighted by Gasteiger charge is -2.28. The van der Waals surface area contributed by atoms with Gasteiger partial charge in [-0.25, -0.2) is 0 Å². The average molecular weight is 548 g/mol. The summed E-state index contributed by atoms with van der Waals surface area (Å²) in [7, 11) is 0. The van der Waals surface area contributed by atoms with Gasteiger partial charge in [0, 0.05) is 16.5 Å². The molecule has 0 fully saturated rings. The summed E-state index contributed by atoms with van der Waals surface area (Å²) in [6.45, 7) is 0. The molecule has 8 aromatic rings. The Morgan fingerprint density at radius 1 is 0.326 bits per heavy atom. The summed E-state index contributed by atoms with van der Waals surface area (Å²) in [6, 6.07) is 59.1. The Hall–Kier alpha value is -5.66. The fraction of sp³-hybridized carbons (Fsp3) is 0. The van der Waals surface area contributed by atoms with E-state index < -0.39 is 0 Å². The maximum Gasteiger partial charge on any atom is 0.0540 e. The van der Waals surface area contributed by atoms with Crippen molar-refractivity contribution in [2.75, 3.05) is 4.90 Å². The van der Waals surface area contributed by atoms with Gasteiger partial charge in [-0.2, -0.15) is 0 Å². The lowest BCUT2D eigenvalue weighted by molar-refractivity contribution is 1.31. The number of nitrogens with zero attached hydrogens (tertiary/aromatic N) is 1. The summed E-state index contributed by atoms with van der Waals surface area (Å²) < 4.78 is 0. The topological polar surface area (TPSA) is 3.24 Å². The molecule has 0 amide bonds. The molecule has 0 saturated carbocycles. The van der Waals surface area contributed by atoms with Crippen LogP contribution in [0, 0.1) is 0 Å². The second kappa shape index (κ2) is 10.6. The van der Waals surface area contributed by atoms with Gasteiger partial charge in [0.15, 0.2) is 0 Å². The first-order chi connectivity index (χ1) is 21.3. The molecule has 0 aliphatic heterocycles. The number of fused-ring (bicyclic) bond motifs is 4. The van der Waals surface area contributed by atoms with Crippen LogP contribution in [0.5, 0.6) is 0 Å². The van der Waals surface area contributed by atoms with Crippen molar-refractivity contribution in [1.29, 1.82) is 0 Å². The second-order valence-electron chi connectivity index (χ2n) is 11.1. The Labute approximate surface area is 251 Å². The predicted octanol–water partition coefficient (Wildman–Crippen LogP) is 11.9. The maximum atomic E-state index is 2.39. The summed E-state index contributed by atoms with van der Waals surface area (Å²) >= 11 is 0. The van der Waals surface area contributed by atoms with E-state index in [-0.39, 0.29) is 0 Å². The van der Waals surface area contributed by atoms with Crippen molar-refractivity contribution < 1.29 is 0 Å². The third-order valence-electron chi connectivity index (χ3n) is 8.36. The fourth-order valence-electron chi connectivity index (χ4n) is 6.20. The molecule has 0 heterocycles. The second-order valence-corrected chi connectivity index (χ2v) is 11.1. The monoisotopic (exact) mass is 547 g/mol. The molecule has 0 radical (unpaired) electrons. The predicted molar refractivity (Wildman–Crippen MR) is 187 cm³/mol. The van der Waals surface area contributed by atoms with Crippen LogP contribution >= 0.6 is 0 Å². The van der Waals surface area contributed by atoms with Gasteiger partial charge < -0.3 is 4.90 Å². The molecule has 43 heavy (non-hydrogen) atoms. The highest BCUT2D eigenvalue weighted by Crippen LogP contribution is 2.41. The highest BCUT2D eigenvalue weighted by Gasteiger charge is 2.17. The third-order valence-corrected chi connectivity index (χ3v) is 8.36. The highest BCUT2D eigenvalue weighted by molar-refractivity contribution is 6.05. The zero-order valence-corrected chi connectivity index (χ0v) is 23.7. The molecule has 0 atom stereocenters. The van der Waals surface area contributed by atoms with Crippen molar-refractivity contribution in [3.8, 4) is 0 Å². The van der Waals surface area contributed by atoms with Crippen LogP contribution in [0.1, 0.15) is 11.1 Å². The Balaban J connectivity index is 1.18. The number of benzene rings is 8. The minimum absolute atomic E-state index is 1.13. The van der Waals surface area contributed by atoms with Crippen molar-refractivity contribution in [3.05, 3.63) is 175 Å². The average Bonchev–Trinajstić information content (AvgIpc) is 3.07. The standard InChI is InChI=1S/C42H29N/c1-2-12-35-29-37-27-31(21-24-36(37)28-34(35)11-1)20-19-30-22-25-38(26-23-30)43(41-17-7-13-32-9-3-5-15-39(32)41)42-18-8-14-33-10-4-6-16-40(33)42/h1-29H. The van der Waals surface area contributed by atoms with Crippen LogP contribution < -0.4 is 4.90 Å². The van der Waals surface area contributed by atoms with E-state index in [0.717, 1.165) is 11.3 Å². The van der Waals surface area contributed by atoms with Crippen LogP contribution in [0.25, 0.3) is 55.2 Å². The van der Waals surface area contributed by atoms with Crippen molar-refractivity contribution in [2.45, 2.75) is 0 Å². The molecule has 0 bridgehead atoms. The van der Waals surface area contributed by atoms with Gasteiger partial charge in [0.05, 0.1) is 11.4 Å². The van der Waals surface area contributed by atoms with Crippen LogP contribution in [0.2, 0.25) is 0 Å². The smallest absolute Gasteiger partial charge is 0.0540 e. The molecule has 0 aliphatic carbocycles. The maximum absolute atomic E-state index is 2.39. The molecule has 1 heteroatoms. The summed E-state index contributed by atoms with van der Waals surface area (Å²) in [6.07, 6.45) is 4.41. The molecule has 202 valence electrons. The number of hydrogen-bond donors (Lipinski definition) is 0. The van der Waals surface area contributed by atoms with E-state index in [9.17, 15) is 0 Å². The largest absolute Gasteiger partial charge is 0.309 e. The summed E-state index contributed by atoms with van der Waals surface area (Å²) in [5.41, 5.74) is 5.82. The van der Waals surface area contributed by atoms with Crippen molar-refractivity contribution in [3.63, 3.8) is 0 Å². The van der Waals surface area contributed by atoms with Crippen molar-refractivity contribution in [2.24, 2.45) is 0 Å². The molecule has 0 unspecified atom stereocenters. The first-order valence-electron chi connectivity index (χ1n) is 14.8. The van der Waals surface area contributed by atoms with E-state index in [1.165, 1.54) is 60.0 Å². The van der Waals surface area contributed by atoms with E-state index in [1.807, 2.05) is 0 Å². The lowest BCUT2D eigenvalue weighted by Crippen LogP contribution is -2.11. The van der Waals surface area contributed by atoms with Gasteiger partial charge in [0.2, 0.25) is 0 Å². The molecule has 1 nitrogen and oxygen atoms in total. The minimum Gasteiger partial charge on any atom is -0.309 e. The van der Waals surface area contributed by atoms with Crippen molar-refractivity contribution in [1.82, 2.24) is 0 Å². The van der Waals surface area contributed by atoms with E-state index >= 15 is 0 Å². The first-order valence-corrected chi connectivity index (χ1v) is 14.8. The number of rotatable bonds is 5. The van der Waals surface area contributed by atoms with Crippen LogP contribution in [0.15, 0.2) is 164 Å². The van der Waals surface area contributed by atoms with E-state index in [1.54, 1.807) is 0 Å². The molecule has 0 saturated heterocycles. The summed E-state index contributed by atoms with van der Waals surface area (Å²) in [5.74, 6) is 0. The van der Waals surface area contributed by atoms with Crippen LogP contribution in [-0.4, -0.2) is 0 Å². The molecule has 8 aromatic carbocycles. The first kappa shape index (κ1) is 25.1. The number of anilines is 3. The Bertz CT molecular complexity index is 2200. The van der Waals surface area contributed by atoms with Gasteiger partial charge in [-0.1, -0.05) is 133 Å². The molecular weight excluding hydrogens is 518 g/mol. The van der Waals surface area contributed by atoms with Gasteiger partial charge in [0.1, 0.15) is 0 Å². The molecule has 0 spiro atoms. The lowest BCUT2D eigenvalue weighted by atomic mass is 10.0. The van der Waals surface area contributed by atoms with Crippen LogP contribution in [-0.2, 0) is 0 Å². The van der Waals surface area contributed by atoms with Gasteiger partial charge in [-0.05, 0) is 85.9 Å². The molecule has 0 N–H and O–H groups in total. The third kappa shape index (κ3) is 4.71. The number of hydrogen-bond acceptors (Lipinski definition) is 1. The zero-order valence-electron chi connectivity index (χ0n) is 23.7. The SMILES string of the molecule is C(=Cc1ccc2cc3ccccc3cc2c1)c1ccc(N(c2cccc3ccccc23)c2cccc3ccccc23)cc1. The summed E-state index contributed by atoms with van der Waals surface area (Å²) in [4.78, 5) is 2.39. The Kier molecular flexibility index (Phi) is 6.20. The van der Waals surface area contributed by atoms with Crippen LogP contribution in [0.4, 0.5) is 17.1 Å². The Morgan fingerprint density at radius 3 is 1.42 bits per heavy atom. The molecular formula is C42H29N. The minimum atomic E-state index is 1.13.